The first kappa shape index (κ1) is 18.2. The first-order valence-electron chi connectivity index (χ1n) is 6.33. The maximum atomic E-state index is 12.7. The molecule has 0 amide bonds. The Morgan fingerprint density at radius 1 is 1.43 bits per heavy atom. The molecule has 0 spiro atoms. The van der Waals surface area contributed by atoms with E-state index in [1.807, 2.05) is 19.9 Å². The van der Waals surface area contributed by atoms with Gasteiger partial charge in [-0.1, -0.05) is 11.6 Å². The maximum Gasteiger partial charge on any atom is 0.243 e. The van der Waals surface area contributed by atoms with Gasteiger partial charge >= 0.3 is 0 Å². The lowest BCUT2D eigenvalue weighted by atomic mass is 10.1. The lowest BCUT2D eigenvalue weighted by molar-refractivity contribution is 0.233. The van der Waals surface area contributed by atoms with E-state index in [2.05, 4.69) is 5.32 Å². The summed E-state index contributed by atoms with van der Waals surface area (Å²) in [5, 5.41) is 12.2. The van der Waals surface area contributed by atoms with E-state index < -0.39 is 10.0 Å². The molecular weight excluding hydrogens is 333 g/mol. The first-order valence-corrected chi connectivity index (χ1v) is 8.14. The maximum absolute atomic E-state index is 12.7. The van der Waals surface area contributed by atoms with E-state index >= 15 is 0 Å². The number of nitrogens with one attached hydrogen (secondary N) is 1. The normalized spacial score (nSPS) is 23.1. The number of rotatable bonds is 2. The van der Waals surface area contributed by atoms with Gasteiger partial charge in [0, 0.05) is 25.2 Å². The summed E-state index contributed by atoms with van der Waals surface area (Å²) in [6.45, 7) is 4.87. The van der Waals surface area contributed by atoms with Gasteiger partial charge in [0.15, 0.2) is 0 Å². The Bertz CT molecular complexity index is 658. The number of nitrogens with zero attached hydrogens (tertiary/aromatic N) is 2. The molecule has 1 aromatic carbocycles. The summed E-state index contributed by atoms with van der Waals surface area (Å²) < 4.78 is 26.8. The Morgan fingerprint density at radius 2 is 2.10 bits per heavy atom. The summed E-state index contributed by atoms with van der Waals surface area (Å²) in [5.74, 6) is 0. The number of piperazine rings is 1. The van der Waals surface area contributed by atoms with Crippen LogP contribution in [0.3, 0.4) is 0 Å². The molecule has 21 heavy (non-hydrogen) atoms. The van der Waals surface area contributed by atoms with E-state index in [-0.39, 0.29) is 40.0 Å². The minimum absolute atomic E-state index is 0. The minimum Gasteiger partial charge on any atom is -0.311 e. The van der Waals surface area contributed by atoms with Crippen molar-refractivity contribution >= 4 is 34.0 Å². The molecular formula is C13H17Cl2N3O2S. The molecule has 1 aromatic rings. The van der Waals surface area contributed by atoms with Crippen LogP contribution in [0.1, 0.15) is 19.4 Å². The number of sulfonamides is 1. The van der Waals surface area contributed by atoms with Crippen LogP contribution in [0.25, 0.3) is 0 Å². The van der Waals surface area contributed by atoms with Gasteiger partial charge in [0.2, 0.25) is 10.0 Å². The second-order valence-corrected chi connectivity index (χ2v) is 7.15. The van der Waals surface area contributed by atoms with Crippen LogP contribution in [-0.4, -0.2) is 37.9 Å². The molecule has 0 bridgehead atoms. The summed E-state index contributed by atoms with van der Waals surface area (Å²) in [5.41, 5.74) is 0.271. The minimum atomic E-state index is -3.59. The van der Waals surface area contributed by atoms with Crippen LogP contribution in [-0.2, 0) is 10.0 Å². The van der Waals surface area contributed by atoms with Crippen molar-refractivity contribution in [2.75, 3.05) is 13.1 Å². The Morgan fingerprint density at radius 3 is 2.67 bits per heavy atom. The molecule has 2 atom stereocenters. The van der Waals surface area contributed by atoms with Crippen molar-refractivity contribution in [1.29, 1.82) is 5.26 Å². The molecule has 8 heteroatoms. The van der Waals surface area contributed by atoms with Crippen molar-refractivity contribution in [3.8, 4) is 6.07 Å². The van der Waals surface area contributed by atoms with E-state index in [1.54, 1.807) is 0 Å². The van der Waals surface area contributed by atoms with Crippen molar-refractivity contribution in [3.63, 3.8) is 0 Å². The smallest absolute Gasteiger partial charge is 0.243 e. The standard InChI is InChI=1S/C13H16ClN3O2S.ClH/c1-9-10(2)17(6-5-16-9)20(18,19)12-4-3-11(8-15)13(14)7-12;/h3-4,7,9-10,16H,5-6H2,1-2H3;1H. The summed E-state index contributed by atoms with van der Waals surface area (Å²) in [7, 11) is -3.59. The van der Waals surface area contributed by atoms with Gasteiger partial charge in [-0.05, 0) is 32.0 Å². The van der Waals surface area contributed by atoms with Crippen molar-refractivity contribution in [1.82, 2.24) is 9.62 Å². The molecule has 1 fully saturated rings. The molecule has 0 radical (unpaired) electrons. The second-order valence-electron chi connectivity index (χ2n) is 4.85. The third-order valence-corrected chi connectivity index (χ3v) is 5.94. The summed E-state index contributed by atoms with van der Waals surface area (Å²) in [6.07, 6.45) is 0. The molecule has 0 aromatic heterocycles. The predicted octanol–water partition coefficient (Wildman–Crippen LogP) is 2.00. The number of halogens is 2. The zero-order valence-corrected chi connectivity index (χ0v) is 14.1. The topological polar surface area (TPSA) is 73.2 Å². The van der Waals surface area contributed by atoms with Gasteiger partial charge in [-0.3, -0.25) is 0 Å². The van der Waals surface area contributed by atoms with Crippen LogP contribution in [0, 0.1) is 11.3 Å². The van der Waals surface area contributed by atoms with Crippen molar-refractivity contribution in [2.24, 2.45) is 0 Å². The fourth-order valence-electron chi connectivity index (χ4n) is 2.25. The van der Waals surface area contributed by atoms with Gasteiger partial charge in [0.25, 0.3) is 0 Å². The van der Waals surface area contributed by atoms with Gasteiger partial charge in [-0.2, -0.15) is 9.57 Å². The number of nitriles is 1. The van der Waals surface area contributed by atoms with Gasteiger partial charge in [0.1, 0.15) is 6.07 Å². The van der Waals surface area contributed by atoms with E-state index in [4.69, 9.17) is 16.9 Å². The number of hydrogen-bond donors (Lipinski definition) is 1. The summed E-state index contributed by atoms with van der Waals surface area (Å²) in [6, 6.07) is 6.08. The van der Waals surface area contributed by atoms with E-state index in [9.17, 15) is 8.42 Å². The molecule has 0 aliphatic carbocycles. The average molecular weight is 350 g/mol. The Balaban J connectivity index is 0.00000220. The highest BCUT2D eigenvalue weighted by atomic mass is 35.5. The summed E-state index contributed by atoms with van der Waals surface area (Å²) in [4.78, 5) is 0.127. The van der Waals surface area contributed by atoms with Gasteiger partial charge in [-0.15, -0.1) is 12.4 Å². The van der Waals surface area contributed by atoms with Crippen LogP contribution in [0.2, 0.25) is 5.02 Å². The molecule has 5 nitrogen and oxygen atoms in total. The van der Waals surface area contributed by atoms with Gasteiger partial charge in [0.05, 0.1) is 15.5 Å². The largest absolute Gasteiger partial charge is 0.311 e. The van der Waals surface area contributed by atoms with Crippen molar-refractivity contribution < 1.29 is 8.42 Å². The molecule has 1 heterocycles. The Hall–Kier alpha value is -0.840. The monoisotopic (exact) mass is 349 g/mol. The van der Waals surface area contributed by atoms with Crippen molar-refractivity contribution in [2.45, 2.75) is 30.8 Å². The van der Waals surface area contributed by atoms with Crippen LogP contribution in [0.5, 0.6) is 0 Å². The van der Waals surface area contributed by atoms with Gasteiger partial charge < -0.3 is 5.32 Å². The molecule has 1 saturated heterocycles. The molecule has 116 valence electrons. The first-order chi connectivity index (χ1) is 9.37. The number of benzene rings is 1. The number of hydrogen-bond acceptors (Lipinski definition) is 4. The fraction of sp³-hybridized carbons (Fsp3) is 0.462. The third kappa shape index (κ3) is 3.50. The van der Waals surface area contributed by atoms with E-state index in [1.165, 1.54) is 22.5 Å². The third-order valence-electron chi connectivity index (χ3n) is 3.64. The lowest BCUT2D eigenvalue weighted by Crippen LogP contribution is -2.57. The molecule has 2 unspecified atom stereocenters. The molecule has 1 aliphatic rings. The Kier molecular flexibility index (Phi) is 6.02. The molecule has 1 aliphatic heterocycles. The van der Waals surface area contributed by atoms with E-state index in [0.29, 0.717) is 13.1 Å². The van der Waals surface area contributed by atoms with Crippen LogP contribution < -0.4 is 5.32 Å². The molecule has 1 N–H and O–H groups in total. The fourth-order valence-corrected chi connectivity index (χ4v) is 4.26. The van der Waals surface area contributed by atoms with Crippen molar-refractivity contribution in [3.05, 3.63) is 28.8 Å². The van der Waals surface area contributed by atoms with Crippen LogP contribution in [0.15, 0.2) is 23.1 Å². The zero-order valence-electron chi connectivity index (χ0n) is 11.7. The van der Waals surface area contributed by atoms with Crippen LogP contribution in [0.4, 0.5) is 0 Å². The van der Waals surface area contributed by atoms with Gasteiger partial charge in [-0.25, -0.2) is 8.42 Å². The molecule has 0 saturated carbocycles. The lowest BCUT2D eigenvalue weighted by Gasteiger charge is -2.37. The van der Waals surface area contributed by atoms with E-state index in [0.717, 1.165) is 0 Å². The quantitative estimate of drug-likeness (QED) is 0.886. The highest BCUT2D eigenvalue weighted by Gasteiger charge is 2.34. The second kappa shape index (κ2) is 6.95. The molecule has 2 rings (SSSR count). The SMILES string of the molecule is CC1NCCN(S(=O)(=O)c2ccc(C#N)c(Cl)c2)C1C.Cl. The zero-order chi connectivity index (χ0) is 14.9. The highest BCUT2D eigenvalue weighted by Crippen LogP contribution is 2.25. The highest BCUT2D eigenvalue weighted by molar-refractivity contribution is 7.89. The predicted molar refractivity (Wildman–Crippen MR) is 84.2 cm³/mol. The average Bonchev–Trinajstić information content (AvgIpc) is 2.41. The Labute approximate surface area is 136 Å². The van der Waals surface area contributed by atoms with Crippen LogP contribution >= 0.6 is 24.0 Å². The summed E-state index contributed by atoms with van der Waals surface area (Å²) >= 11 is 5.92.